The van der Waals surface area contributed by atoms with Gasteiger partial charge in [-0.2, -0.15) is 0 Å². The Kier molecular flexibility index (Phi) is 3.05. The number of imide groups is 1. The summed E-state index contributed by atoms with van der Waals surface area (Å²) in [6.45, 7) is 0. The molecular weight excluding hydrogens is 192 g/mol. The Morgan fingerprint density at radius 3 is 2.27 bits per heavy atom. The van der Waals surface area contributed by atoms with Crippen LogP contribution in [0.3, 0.4) is 0 Å². The summed E-state index contributed by atoms with van der Waals surface area (Å²) in [5.74, 6) is -0.0512. The van der Waals surface area contributed by atoms with Crippen molar-refractivity contribution in [2.75, 3.05) is 0 Å². The van der Waals surface area contributed by atoms with E-state index in [4.69, 9.17) is 5.73 Å². The maximum Gasteiger partial charge on any atom is 0.229 e. The minimum Gasteiger partial charge on any atom is -0.326 e. The quantitative estimate of drug-likeness (QED) is 0.514. The second-order valence-corrected chi connectivity index (χ2v) is 4.53. The molecule has 2 fully saturated rings. The molecule has 4 heteroatoms. The van der Waals surface area contributed by atoms with E-state index >= 15 is 0 Å². The van der Waals surface area contributed by atoms with E-state index in [1.54, 1.807) is 0 Å². The first-order valence-electron chi connectivity index (χ1n) is 5.80. The molecule has 4 nitrogen and oxygen atoms in total. The molecule has 2 N–H and O–H groups in total. The van der Waals surface area contributed by atoms with Crippen LogP contribution in [-0.4, -0.2) is 28.8 Å². The zero-order valence-electron chi connectivity index (χ0n) is 8.95. The van der Waals surface area contributed by atoms with Gasteiger partial charge < -0.3 is 5.73 Å². The molecule has 2 amide bonds. The lowest BCUT2D eigenvalue weighted by Crippen LogP contribution is -2.49. The fraction of sp³-hybridized carbons (Fsp3) is 0.818. The summed E-state index contributed by atoms with van der Waals surface area (Å²) < 4.78 is 0. The number of hydrogen-bond donors (Lipinski definition) is 1. The van der Waals surface area contributed by atoms with Gasteiger partial charge in [0.25, 0.3) is 0 Å². The Labute approximate surface area is 89.8 Å². The first-order chi connectivity index (χ1) is 7.20. The molecule has 84 valence electrons. The van der Waals surface area contributed by atoms with E-state index in [9.17, 15) is 9.59 Å². The van der Waals surface area contributed by atoms with Gasteiger partial charge in [0.2, 0.25) is 11.8 Å². The topological polar surface area (TPSA) is 63.4 Å². The van der Waals surface area contributed by atoms with Gasteiger partial charge in [0.15, 0.2) is 0 Å². The van der Waals surface area contributed by atoms with Crippen LogP contribution in [0.4, 0.5) is 0 Å². The standard InChI is InChI=1S/C11H18N2O2/c12-8-4-2-1-3-5-9(8)13-10(14)6-7-11(13)15/h8-9H,1-7,12H2. The van der Waals surface area contributed by atoms with Crippen LogP contribution in [0.25, 0.3) is 0 Å². The van der Waals surface area contributed by atoms with E-state index in [0.29, 0.717) is 12.8 Å². The van der Waals surface area contributed by atoms with E-state index < -0.39 is 0 Å². The normalized spacial score (nSPS) is 33.3. The van der Waals surface area contributed by atoms with Crippen LogP contribution in [0.15, 0.2) is 0 Å². The zero-order chi connectivity index (χ0) is 10.8. The first kappa shape index (κ1) is 10.6. The number of nitrogens with two attached hydrogens (primary N) is 1. The molecule has 1 aliphatic carbocycles. The summed E-state index contributed by atoms with van der Waals surface area (Å²) in [7, 11) is 0. The highest BCUT2D eigenvalue weighted by atomic mass is 16.2. The van der Waals surface area contributed by atoms with E-state index in [1.165, 1.54) is 11.3 Å². The second-order valence-electron chi connectivity index (χ2n) is 4.53. The van der Waals surface area contributed by atoms with Gasteiger partial charge in [-0.25, -0.2) is 0 Å². The maximum absolute atomic E-state index is 11.6. The number of carbonyl (C=O) groups is 2. The molecule has 2 rings (SSSR count). The number of nitrogens with zero attached hydrogens (tertiary/aromatic N) is 1. The Morgan fingerprint density at radius 2 is 1.60 bits per heavy atom. The molecule has 2 atom stereocenters. The van der Waals surface area contributed by atoms with Crippen molar-refractivity contribution in [2.24, 2.45) is 5.73 Å². The SMILES string of the molecule is NC1CCCCCC1N1C(=O)CCC1=O. The van der Waals surface area contributed by atoms with Crippen LogP contribution in [0, 0.1) is 0 Å². The summed E-state index contributed by atoms with van der Waals surface area (Å²) in [4.78, 5) is 24.6. The van der Waals surface area contributed by atoms with Gasteiger partial charge in [-0.1, -0.05) is 19.3 Å². The van der Waals surface area contributed by atoms with Crippen molar-refractivity contribution in [3.05, 3.63) is 0 Å². The summed E-state index contributed by atoms with van der Waals surface area (Å²) in [5, 5.41) is 0. The average Bonchev–Trinajstić information content (AvgIpc) is 2.42. The smallest absolute Gasteiger partial charge is 0.229 e. The molecule has 1 saturated carbocycles. The molecule has 0 radical (unpaired) electrons. The monoisotopic (exact) mass is 210 g/mol. The summed E-state index contributed by atoms with van der Waals surface area (Å²) in [6, 6.07) is -0.0477. The lowest BCUT2D eigenvalue weighted by atomic mass is 10.0. The summed E-state index contributed by atoms with van der Waals surface area (Å²) in [6.07, 6.45) is 5.94. The van der Waals surface area contributed by atoms with Crippen molar-refractivity contribution >= 4 is 11.8 Å². The van der Waals surface area contributed by atoms with E-state index in [-0.39, 0.29) is 23.9 Å². The van der Waals surface area contributed by atoms with Crippen molar-refractivity contribution in [1.82, 2.24) is 4.90 Å². The van der Waals surface area contributed by atoms with E-state index in [0.717, 1.165) is 25.7 Å². The first-order valence-corrected chi connectivity index (χ1v) is 5.80. The summed E-state index contributed by atoms with van der Waals surface area (Å²) in [5.41, 5.74) is 6.04. The Hall–Kier alpha value is -0.900. The molecule has 2 unspecified atom stereocenters. The van der Waals surface area contributed by atoms with Crippen LogP contribution in [0.2, 0.25) is 0 Å². The lowest BCUT2D eigenvalue weighted by Gasteiger charge is -2.29. The predicted molar refractivity (Wildman–Crippen MR) is 55.9 cm³/mol. The number of hydrogen-bond acceptors (Lipinski definition) is 3. The molecule has 1 heterocycles. The van der Waals surface area contributed by atoms with Gasteiger partial charge in [-0.15, -0.1) is 0 Å². The Balaban J connectivity index is 2.12. The van der Waals surface area contributed by atoms with Gasteiger partial charge in [0.05, 0.1) is 6.04 Å². The van der Waals surface area contributed by atoms with Gasteiger partial charge in [0, 0.05) is 18.9 Å². The molecule has 0 aromatic rings. The molecular formula is C11H18N2O2. The number of carbonyl (C=O) groups excluding carboxylic acids is 2. The minimum atomic E-state index is -0.0324. The van der Waals surface area contributed by atoms with Crippen LogP contribution in [-0.2, 0) is 9.59 Å². The van der Waals surface area contributed by atoms with E-state index in [1.807, 2.05) is 0 Å². The van der Waals surface area contributed by atoms with E-state index in [2.05, 4.69) is 0 Å². The molecule has 15 heavy (non-hydrogen) atoms. The highest BCUT2D eigenvalue weighted by molar-refractivity contribution is 6.02. The molecule has 2 aliphatic rings. The maximum atomic E-state index is 11.6. The third kappa shape index (κ3) is 2.04. The van der Waals surface area contributed by atoms with Gasteiger partial charge >= 0.3 is 0 Å². The van der Waals surface area contributed by atoms with Crippen molar-refractivity contribution in [1.29, 1.82) is 0 Å². The zero-order valence-corrected chi connectivity index (χ0v) is 8.95. The molecule has 0 aromatic heterocycles. The van der Waals surface area contributed by atoms with Crippen LogP contribution >= 0.6 is 0 Å². The third-order valence-corrected chi connectivity index (χ3v) is 3.45. The fourth-order valence-corrected chi connectivity index (χ4v) is 2.60. The Bertz CT molecular complexity index is 262. The number of rotatable bonds is 1. The number of likely N-dealkylation sites (tertiary alicyclic amines) is 1. The molecule has 1 aliphatic heterocycles. The van der Waals surface area contributed by atoms with Crippen LogP contribution in [0.1, 0.15) is 44.9 Å². The average molecular weight is 210 g/mol. The predicted octanol–water partition coefficient (Wildman–Crippen LogP) is 0.795. The highest BCUT2D eigenvalue weighted by Gasteiger charge is 2.37. The second kappa shape index (κ2) is 4.31. The lowest BCUT2D eigenvalue weighted by molar-refractivity contribution is -0.141. The van der Waals surface area contributed by atoms with Crippen molar-refractivity contribution in [3.8, 4) is 0 Å². The van der Waals surface area contributed by atoms with Gasteiger partial charge in [0.1, 0.15) is 0 Å². The van der Waals surface area contributed by atoms with Crippen molar-refractivity contribution in [3.63, 3.8) is 0 Å². The fourth-order valence-electron chi connectivity index (χ4n) is 2.60. The number of amides is 2. The minimum absolute atomic E-state index is 0.0153. The highest BCUT2D eigenvalue weighted by Crippen LogP contribution is 2.25. The van der Waals surface area contributed by atoms with Gasteiger partial charge in [-0.05, 0) is 12.8 Å². The third-order valence-electron chi connectivity index (χ3n) is 3.45. The molecule has 1 saturated heterocycles. The molecule has 0 bridgehead atoms. The van der Waals surface area contributed by atoms with Crippen molar-refractivity contribution in [2.45, 2.75) is 57.0 Å². The molecule has 0 spiro atoms. The summed E-state index contributed by atoms with van der Waals surface area (Å²) >= 11 is 0. The van der Waals surface area contributed by atoms with Gasteiger partial charge in [-0.3, -0.25) is 14.5 Å². The largest absolute Gasteiger partial charge is 0.326 e. The van der Waals surface area contributed by atoms with Crippen LogP contribution < -0.4 is 5.73 Å². The van der Waals surface area contributed by atoms with Crippen LogP contribution in [0.5, 0.6) is 0 Å². The Morgan fingerprint density at radius 1 is 1.00 bits per heavy atom. The van der Waals surface area contributed by atoms with Crippen molar-refractivity contribution < 1.29 is 9.59 Å². The molecule has 0 aromatic carbocycles.